The molecule has 1 unspecified atom stereocenters. The highest BCUT2D eigenvalue weighted by atomic mass is 35.5. The number of primary amides is 1. The zero-order valence-corrected chi connectivity index (χ0v) is 11.9. The lowest BCUT2D eigenvalue weighted by molar-refractivity contribution is 0.214. The van der Waals surface area contributed by atoms with Crippen molar-refractivity contribution in [2.75, 3.05) is 6.54 Å². The number of rotatable bonds is 2. The van der Waals surface area contributed by atoms with Gasteiger partial charge in [0.15, 0.2) is 0 Å². The highest BCUT2D eigenvalue weighted by molar-refractivity contribution is 6.30. The number of hydrogen-bond donors (Lipinski definition) is 1. The minimum absolute atomic E-state index is 0.0487. The Morgan fingerprint density at radius 2 is 2.00 bits per heavy atom. The number of amides is 2. The second-order valence-corrected chi connectivity index (χ2v) is 5.17. The molecule has 0 radical (unpaired) electrons. The van der Waals surface area contributed by atoms with Crippen molar-refractivity contribution in [2.24, 2.45) is 10.8 Å². The van der Waals surface area contributed by atoms with Gasteiger partial charge in [0.2, 0.25) is 0 Å². The van der Waals surface area contributed by atoms with Gasteiger partial charge in [-0.15, -0.1) is 0 Å². The summed E-state index contributed by atoms with van der Waals surface area (Å²) < 4.78 is 0. The lowest BCUT2D eigenvalue weighted by atomic mass is 9.93. The van der Waals surface area contributed by atoms with Crippen LogP contribution in [0.3, 0.4) is 0 Å². The fourth-order valence-corrected chi connectivity index (χ4v) is 2.46. The Kier molecular flexibility index (Phi) is 3.58. The lowest BCUT2D eigenvalue weighted by Crippen LogP contribution is -2.30. The summed E-state index contributed by atoms with van der Waals surface area (Å²) in [4.78, 5) is 15.7. The van der Waals surface area contributed by atoms with Crippen molar-refractivity contribution in [3.8, 4) is 0 Å². The molecule has 1 aliphatic rings. The fraction of sp³-hybridized carbons (Fsp3) is 0.133. The van der Waals surface area contributed by atoms with E-state index in [0.29, 0.717) is 17.3 Å². The fourth-order valence-electron chi connectivity index (χ4n) is 2.34. The molecule has 1 aliphatic heterocycles. The quantitative estimate of drug-likeness (QED) is 0.926. The van der Waals surface area contributed by atoms with E-state index in [1.807, 2.05) is 30.3 Å². The molecule has 106 valence electrons. The van der Waals surface area contributed by atoms with Crippen molar-refractivity contribution >= 4 is 23.3 Å². The van der Waals surface area contributed by atoms with Crippen LogP contribution in [0.5, 0.6) is 0 Å². The minimum atomic E-state index is -0.570. The molecule has 0 saturated carbocycles. The maximum Gasteiger partial charge on any atom is 0.335 e. The molecular weight excluding hydrogens is 288 g/mol. The van der Waals surface area contributed by atoms with Gasteiger partial charge in [0.05, 0.1) is 28.9 Å². The number of hydrazone groups is 1. The summed E-state index contributed by atoms with van der Waals surface area (Å²) in [7, 11) is 0. The Hall–Kier alpha value is -2.40. The number of urea groups is 1. The molecule has 0 saturated heterocycles. The first-order chi connectivity index (χ1) is 10.1. The van der Waals surface area contributed by atoms with Crippen LogP contribution in [-0.2, 0) is 0 Å². The zero-order valence-electron chi connectivity index (χ0n) is 11.1. The number of nitrogens with zero attached hydrogens (tertiary/aromatic N) is 3. The molecule has 3 rings (SSSR count). The molecule has 0 fully saturated rings. The third-order valence-electron chi connectivity index (χ3n) is 3.36. The van der Waals surface area contributed by atoms with E-state index in [9.17, 15) is 4.79 Å². The first kappa shape index (κ1) is 13.6. The maximum atomic E-state index is 11.4. The molecule has 0 bridgehead atoms. The minimum Gasteiger partial charge on any atom is -0.350 e. The van der Waals surface area contributed by atoms with Crippen LogP contribution in [-0.4, -0.2) is 28.3 Å². The van der Waals surface area contributed by atoms with E-state index in [-0.39, 0.29) is 5.92 Å². The molecule has 0 aliphatic carbocycles. The van der Waals surface area contributed by atoms with E-state index in [2.05, 4.69) is 10.1 Å². The summed E-state index contributed by atoms with van der Waals surface area (Å²) >= 11 is 5.86. The molecule has 2 aromatic rings. The molecule has 1 aromatic carbocycles. The number of aromatic nitrogens is 1. The van der Waals surface area contributed by atoms with Crippen molar-refractivity contribution < 1.29 is 4.79 Å². The average Bonchev–Trinajstić information content (AvgIpc) is 2.94. The van der Waals surface area contributed by atoms with Gasteiger partial charge in [0.1, 0.15) is 0 Å². The standard InChI is InChI=1S/C15H13ClN4O/c16-11-6-7-13(18-8-11)14-12(9-20(19-14)15(17)21)10-4-2-1-3-5-10/h1-8,12H,9H2,(H2,17,21). The Morgan fingerprint density at radius 3 is 2.62 bits per heavy atom. The molecule has 21 heavy (non-hydrogen) atoms. The lowest BCUT2D eigenvalue weighted by Gasteiger charge is -2.13. The predicted molar refractivity (Wildman–Crippen MR) is 81.3 cm³/mol. The predicted octanol–water partition coefficient (Wildman–Crippen LogP) is 2.62. The molecule has 1 atom stereocenters. The van der Waals surface area contributed by atoms with Crippen LogP contribution in [0.2, 0.25) is 5.02 Å². The van der Waals surface area contributed by atoms with Gasteiger partial charge in [-0.25, -0.2) is 9.80 Å². The summed E-state index contributed by atoms with van der Waals surface area (Å²) in [5.74, 6) is -0.0487. The first-order valence-electron chi connectivity index (χ1n) is 6.47. The Labute approximate surface area is 127 Å². The second-order valence-electron chi connectivity index (χ2n) is 4.73. The summed E-state index contributed by atoms with van der Waals surface area (Å²) in [5, 5.41) is 6.14. The van der Waals surface area contributed by atoms with Crippen LogP contribution in [0.1, 0.15) is 17.2 Å². The van der Waals surface area contributed by atoms with Crippen LogP contribution >= 0.6 is 11.6 Å². The monoisotopic (exact) mass is 300 g/mol. The van der Waals surface area contributed by atoms with Crippen molar-refractivity contribution in [2.45, 2.75) is 5.92 Å². The van der Waals surface area contributed by atoms with Crippen LogP contribution in [0, 0.1) is 0 Å². The Morgan fingerprint density at radius 1 is 1.24 bits per heavy atom. The largest absolute Gasteiger partial charge is 0.350 e. The molecule has 2 heterocycles. The van der Waals surface area contributed by atoms with Crippen LogP contribution in [0.15, 0.2) is 53.8 Å². The summed E-state index contributed by atoms with van der Waals surface area (Å²) in [6, 6.07) is 12.8. The molecule has 6 heteroatoms. The third-order valence-corrected chi connectivity index (χ3v) is 3.58. The van der Waals surface area contributed by atoms with E-state index in [0.717, 1.165) is 11.3 Å². The summed E-state index contributed by atoms with van der Waals surface area (Å²) in [6.45, 7) is 0.416. The number of nitrogens with two attached hydrogens (primary N) is 1. The molecule has 2 amide bonds. The number of carbonyl (C=O) groups excluding carboxylic acids is 1. The van der Waals surface area contributed by atoms with Gasteiger partial charge in [0, 0.05) is 6.20 Å². The van der Waals surface area contributed by atoms with Gasteiger partial charge in [-0.3, -0.25) is 4.98 Å². The van der Waals surface area contributed by atoms with Gasteiger partial charge >= 0.3 is 6.03 Å². The molecule has 5 nitrogen and oxygen atoms in total. The number of hydrogen-bond acceptors (Lipinski definition) is 3. The van der Waals surface area contributed by atoms with Crippen molar-refractivity contribution in [1.82, 2.24) is 9.99 Å². The van der Waals surface area contributed by atoms with Gasteiger partial charge in [-0.1, -0.05) is 41.9 Å². The van der Waals surface area contributed by atoms with E-state index >= 15 is 0 Å². The van der Waals surface area contributed by atoms with Crippen molar-refractivity contribution in [3.05, 3.63) is 64.9 Å². The third kappa shape index (κ3) is 2.73. The Balaban J connectivity index is 2.01. The topological polar surface area (TPSA) is 71.6 Å². The Bertz CT molecular complexity index is 685. The average molecular weight is 301 g/mol. The van der Waals surface area contributed by atoms with E-state index in [1.165, 1.54) is 5.01 Å². The number of carbonyl (C=O) groups is 1. The van der Waals surface area contributed by atoms with E-state index in [4.69, 9.17) is 17.3 Å². The normalized spacial score (nSPS) is 17.7. The van der Waals surface area contributed by atoms with E-state index in [1.54, 1.807) is 18.3 Å². The number of halogens is 1. The first-order valence-corrected chi connectivity index (χ1v) is 6.85. The molecular formula is C15H13ClN4O. The van der Waals surface area contributed by atoms with Gasteiger partial charge in [-0.2, -0.15) is 5.10 Å². The van der Waals surface area contributed by atoms with Gasteiger partial charge in [-0.05, 0) is 17.7 Å². The van der Waals surface area contributed by atoms with Gasteiger partial charge in [0.25, 0.3) is 0 Å². The summed E-state index contributed by atoms with van der Waals surface area (Å²) in [5.41, 5.74) is 7.82. The number of benzene rings is 1. The molecule has 0 spiro atoms. The van der Waals surface area contributed by atoms with Crippen LogP contribution in [0.4, 0.5) is 4.79 Å². The van der Waals surface area contributed by atoms with Crippen LogP contribution in [0.25, 0.3) is 0 Å². The highest BCUT2D eigenvalue weighted by Gasteiger charge is 2.31. The van der Waals surface area contributed by atoms with E-state index < -0.39 is 6.03 Å². The van der Waals surface area contributed by atoms with Gasteiger partial charge < -0.3 is 5.73 Å². The smallest absolute Gasteiger partial charge is 0.335 e. The highest BCUT2D eigenvalue weighted by Crippen LogP contribution is 2.28. The molecule has 2 N–H and O–H groups in total. The number of pyridine rings is 1. The SMILES string of the molecule is NC(=O)N1CC(c2ccccc2)C(c2ccc(Cl)cn2)=N1. The second kappa shape index (κ2) is 5.54. The summed E-state index contributed by atoms with van der Waals surface area (Å²) in [6.07, 6.45) is 1.56. The zero-order chi connectivity index (χ0) is 14.8. The van der Waals surface area contributed by atoms with Crippen molar-refractivity contribution in [3.63, 3.8) is 0 Å². The van der Waals surface area contributed by atoms with Crippen LogP contribution < -0.4 is 5.73 Å². The molecule has 1 aromatic heterocycles. The van der Waals surface area contributed by atoms with Crippen molar-refractivity contribution in [1.29, 1.82) is 0 Å². The maximum absolute atomic E-state index is 11.4.